The molecule has 6 aromatic rings. The second kappa shape index (κ2) is 22.8. The maximum absolute atomic E-state index is 16.9. The van der Waals surface area contributed by atoms with Crippen molar-refractivity contribution in [3.63, 3.8) is 0 Å². The number of hydrogen-bond acceptors (Lipinski definition) is 12. The average Bonchev–Trinajstić information content (AvgIpc) is 4.11. The number of aliphatic hydroxyl groups is 1. The SMILES string of the molecule is CN(CC#Cc1ccc2c(c1)[C@]1(C(=O)N2C(=O)OCc2ccc([N+](=O)[O-])cc2)[C@H](c2ccccc2OCCO)N2[C@H](c3ccccc3)[C@H](c3ccccc3)OC(=O)[C@H]2[C@@H]1C(=O)N1CCCCCCC1)Cc1ccccc1. The quantitative estimate of drug-likeness (QED) is 0.0504. The molecule has 388 valence electrons. The van der Waals surface area contributed by atoms with Gasteiger partial charge >= 0.3 is 12.1 Å². The molecule has 0 radical (unpaired) electrons. The summed E-state index contributed by atoms with van der Waals surface area (Å²) in [6, 6.07) is 43.3. The summed E-state index contributed by atoms with van der Waals surface area (Å²) in [4.78, 5) is 81.9. The highest BCUT2D eigenvalue weighted by Crippen LogP contribution is 2.67. The molecule has 6 atom stereocenters. The monoisotopic (exact) mass is 1020 g/mol. The van der Waals surface area contributed by atoms with E-state index in [0.717, 1.165) is 35.3 Å². The third-order valence-electron chi connectivity index (χ3n) is 15.0. The molecule has 6 aromatic carbocycles. The Bertz CT molecular complexity index is 3140. The summed E-state index contributed by atoms with van der Waals surface area (Å²) in [6.07, 6.45) is 2.21. The van der Waals surface area contributed by atoms with Gasteiger partial charge in [-0.05, 0) is 84.1 Å². The van der Waals surface area contributed by atoms with E-state index in [4.69, 9.17) is 14.2 Å². The Kier molecular flexibility index (Phi) is 15.4. The van der Waals surface area contributed by atoms with Crippen molar-refractivity contribution in [3.05, 3.63) is 207 Å². The number of aliphatic hydroxyl groups excluding tert-OH is 1. The average molecular weight is 1020 g/mol. The van der Waals surface area contributed by atoms with E-state index in [2.05, 4.69) is 16.7 Å². The van der Waals surface area contributed by atoms with Crippen LogP contribution in [0.25, 0.3) is 0 Å². The Morgan fingerprint density at radius 3 is 2.12 bits per heavy atom. The summed E-state index contributed by atoms with van der Waals surface area (Å²) in [5.74, 6) is 3.48. The second-order valence-corrected chi connectivity index (χ2v) is 19.8. The minimum atomic E-state index is -2.09. The molecule has 10 rings (SSSR count). The number of morpholine rings is 1. The topological polar surface area (TPSA) is 172 Å². The minimum Gasteiger partial charge on any atom is -0.491 e. The molecule has 3 saturated heterocycles. The minimum absolute atomic E-state index is 0.114. The van der Waals surface area contributed by atoms with Crippen molar-refractivity contribution in [1.29, 1.82) is 0 Å². The summed E-state index contributed by atoms with van der Waals surface area (Å²) >= 11 is 0. The fourth-order valence-corrected chi connectivity index (χ4v) is 11.7. The van der Waals surface area contributed by atoms with Crippen LogP contribution >= 0.6 is 0 Å². The number of esters is 1. The maximum atomic E-state index is 16.9. The van der Waals surface area contributed by atoms with Gasteiger partial charge in [0.05, 0.1) is 41.8 Å². The van der Waals surface area contributed by atoms with Gasteiger partial charge in [0.2, 0.25) is 11.8 Å². The molecular weight excluding hydrogens is 963 g/mol. The number of non-ortho nitro benzene ring substituents is 1. The fraction of sp³-hybridized carbons (Fsp3) is 0.311. The van der Waals surface area contributed by atoms with Gasteiger partial charge in [-0.2, -0.15) is 0 Å². The Labute approximate surface area is 441 Å². The second-order valence-electron chi connectivity index (χ2n) is 19.8. The van der Waals surface area contributed by atoms with Crippen molar-refractivity contribution < 1.29 is 43.4 Å². The fourth-order valence-electron chi connectivity index (χ4n) is 11.7. The number of anilines is 1. The van der Waals surface area contributed by atoms with E-state index < -0.39 is 64.4 Å². The number of nitro groups is 1. The third-order valence-corrected chi connectivity index (χ3v) is 15.0. The van der Waals surface area contributed by atoms with Crippen molar-refractivity contribution in [2.24, 2.45) is 5.92 Å². The molecule has 0 aliphatic carbocycles. The Balaban J connectivity index is 1.22. The van der Waals surface area contributed by atoms with E-state index in [9.17, 15) is 15.2 Å². The summed E-state index contributed by atoms with van der Waals surface area (Å²) in [6.45, 7) is 0.994. The third kappa shape index (κ3) is 9.94. The number of nitro benzene ring substituents is 1. The van der Waals surface area contributed by atoms with Crippen LogP contribution in [0.5, 0.6) is 5.75 Å². The lowest BCUT2D eigenvalue weighted by Gasteiger charge is -2.46. The Morgan fingerprint density at radius 1 is 0.789 bits per heavy atom. The van der Waals surface area contributed by atoms with Crippen molar-refractivity contribution in [3.8, 4) is 17.6 Å². The van der Waals surface area contributed by atoms with Crippen LogP contribution in [0.4, 0.5) is 16.2 Å². The lowest BCUT2D eigenvalue weighted by atomic mass is 9.64. The molecular formula is C61H59N5O10. The molecule has 4 aliphatic heterocycles. The van der Waals surface area contributed by atoms with E-state index in [1.807, 2.05) is 109 Å². The molecule has 15 nitrogen and oxygen atoms in total. The molecule has 0 bridgehead atoms. The number of imide groups is 1. The lowest BCUT2D eigenvalue weighted by Crippen LogP contribution is -2.56. The highest BCUT2D eigenvalue weighted by atomic mass is 16.6. The molecule has 0 unspecified atom stereocenters. The van der Waals surface area contributed by atoms with Crippen molar-refractivity contribution >= 4 is 35.3 Å². The van der Waals surface area contributed by atoms with E-state index >= 15 is 19.2 Å². The van der Waals surface area contributed by atoms with Crippen LogP contribution in [0, 0.1) is 27.9 Å². The van der Waals surface area contributed by atoms with Gasteiger partial charge in [0.15, 0.2) is 0 Å². The summed E-state index contributed by atoms with van der Waals surface area (Å²) < 4.78 is 19.1. The largest absolute Gasteiger partial charge is 0.491 e. The number of ether oxygens (including phenoxy) is 3. The van der Waals surface area contributed by atoms with Crippen LogP contribution in [-0.4, -0.2) is 94.5 Å². The first-order valence-electron chi connectivity index (χ1n) is 25.9. The van der Waals surface area contributed by atoms with Gasteiger partial charge in [-0.3, -0.25) is 34.3 Å². The molecule has 3 fully saturated rings. The summed E-state index contributed by atoms with van der Waals surface area (Å²) in [5, 5.41) is 21.7. The van der Waals surface area contributed by atoms with E-state index in [0.29, 0.717) is 67.0 Å². The van der Waals surface area contributed by atoms with E-state index in [1.54, 1.807) is 41.3 Å². The van der Waals surface area contributed by atoms with E-state index in [-0.39, 0.29) is 36.8 Å². The smallest absolute Gasteiger partial charge is 0.421 e. The van der Waals surface area contributed by atoms with Crippen LogP contribution in [0.3, 0.4) is 0 Å². The highest BCUT2D eigenvalue weighted by molar-refractivity contribution is 6.23. The van der Waals surface area contributed by atoms with Crippen molar-refractivity contribution in [2.75, 3.05) is 44.8 Å². The van der Waals surface area contributed by atoms with Gasteiger partial charge in [-0.15, -0.1) is 0 Å². The molecule has 3 amide bonds. The van der Waals surface area contributed by atoms with E-state index in [1.165, 1.54) is 24.3 Å². The zero-order chi connectivity index (χ0) is 52.8. The lowest BCUT2D eigenvalue weighted by molar-refractivity contribution is -0.384. The van der Waals surface area contributed by atoms with Gasteiger partial charge in [-0.1, -0.05) is 140 Å². The number of fused-ring (bicyclic) bond motifs is 3. The van der Waals surface area contributed by atoms with Crippen LogP contribution < -0.4 is 9.64 Å². The number of likely N-dealkylation sites (tertiary alicyclic amines) is 1. The number of benzene rings is 6. The maximum Gasteiger partial charge on any atom is 0.421 e. The number of carbonyl (C=O) groups excluding carboxylic acids is 4. The van der Waals surface area contributed by atoms with Crippen LogP contribution in [0.15, 0.2) is 158 Å². The zero-order valence-electron chi connectivity index (χ0n) is 42.2. The first-order valence-corrected chi connectivity index (χ1v) is 25.9. The summed E-state index contributed by atoms with van der Waals surface area (Å²) in [5.41, 5.74) is 2.09. The van der Waals surface area contributed by atoms with Crippen LogP contribution in [0.1, 0.15) is 89.2 Å². The van der Waals surface area contributed by atoms with Gasteiger partial charge in [0.25, 0.3) is 5.69 Å². The van der Waals surface area contributed by atoms with Crippen molar-refractivity contribution in [1.82, 2.24) is 14.7 Å². The molecule has 15 heteroatoms. The zero-order valence-corrected chi connectivity index (χ0v) is 42.2. The molecule has 1 spiro atoms. The number of rotatable bonds is 13. The molecule has 0 saturated carbocycles. The number of nitrogens with zero attached hydrogens (tertiary/aromatic N) is 5. The number of hydrogen-bond donors (Lipinski definition) is 1. The van der Waals surface area contributed by atoms with Gasteiger partial charge in [-0.25, -0.2) is 9.69 Å². The number of para-hydroxylation sites is 1. The van der Waals surface area contributed by atoms with Gasteiger partial charge < -0.3 is 24.2 Å². The van der Waals surface area contributed by atoms with Crippen LogP contribution in [-0.2, 0) is 42.4 Å². The molecule has 0 aromatic heterocycles. The molecule has 4 aliphatic rings. The number of cyclic esters (lactones) is 1. The number of amides is 3. The normalized spacial score (nSPS) is 22.2. The Hall–Kier alpha value is -8.16. The standard InChI is InChI=1S/C61H59N5O10/c1-62(40-43-19-8-5-9-20-43)34-18-21-42-30-33-50-49(39-42)61(59(70)64(50)60(71)75-41-44-28-31-47(32-29-44)66(72)73)52(57(68)63-35-16-3-2-4-17-36-63)54-58(69)76-55(46-24-12-7-13-25-46)53(45-22-10-6-11-23-45)65(54)56(61)48-26-14-15-27-51(48)74-38-37-67/h5-15,19-20,22-33,39,52-56,67H,2-4,16-17,34-38,40-41H2,1H3/t52-,53-,54-,55+,56+,61-/m1/s1. The predicted octanol–water partition coefficient (Wildman–Crippen LogP) is 9.24. The first-order chi connectivity index (χ1) is 37.1. The Morgan fingerprint density at radius 2 is 1.43 bits per heavy atom. The first kappa shape index (κ1) is 51.3. The van der Waals surface area contributed by atoms with Gasteiger partial charge in [0, 0.05) is 42.9 Å². The number of carbonyl (C=O) groups is 4. The molecule has 76 heavy (non-hydrogen) atoms. The van der Waals surface area contributed by atoms with Crippen LogP contribution in [0.2, 0.25) is 0 Å². The van der Waals surface area contributed by atoms with Crippen molar-refractivity contribution in [2.45, 2.75) is 74.9 Å². The predicted molar refractivity (Wildman–Crippen MR) is 284 cm³/mol. The highest BCUT2D eigenvalue weighted by Gasteiger charge is 2.76. The summed E-state index contributed by atoms with van der Waals surface area (Å²) in [7, 11) is 1.97. The molecule has 4 heterocycles. The molecule has 1 N–H and O–H groups in total. The van der Waals surface area contributed by atoms with Gasteiger partial charge in [0.1, 0.15) is 36.5 Å².